The minimum Gasteiger partial charge on any atom is -0.345 e. The van der Waals surface area contributed by atoms with Gasteiger partial charge in [0.2, 0.25) is 17.7 Å². The number of nitrogens with zero attached hydrogens (tertiary/aromatic N) is 1. The first-order valence-corrected chi connectivity index (χ1v) is 14.2. The molecule has 1 aromatic rings. The molecular weight excluding hydrogens is 504 g/mol. The molecule has 1 aromatic carbocycles. The Balaban J connectivity index is 2.85. The zero-order valence-electron chi connectivity index (χ0n) is 23.4. The molecular formula is C28H44N4O5S. The maximum atomic E-state index is 13.6. The molecule has 0 aliphatic rings. The normalized spacial score (nSPS) is 12.8. The van der Waals surface area contributed by atoms with Gasteiger partial charge >= 0.3 is 0 Å². The van der Waals surface area contributed by atoms with Crippen molar-refractivity contribution >= 4 is 40.9 Å². The van der Waals surface area contributed by atoms with Gasteiger partial charge in [-0.1, -0.05) is 61.9 Å². The van der Waals surface area contributed by atoms with E-state index >= 15 is 0 Å². The van der Waals surface area contributed by atoms with Gasteiger partial charge < -0.3 is 25.6 Å². The van der Waals surface area contributed by atoms with Crippen LogP contribution in [0.15, 0.2) is 30.3 Å². The van der Waals surface area contributed by atoms with Gasteiger partial charge in [0.25, 0.3) is 0 Å². The average molecular weight is 549 g/mol. The largest absolute Gasteiger partial charge is 0.345 e. The van der Waals surface area contributed by atoms with Crippen molar-refractivity contribution in [1.82, 2.24) is 20.9 Å². The van der Waals surface area contributed by atoms with Crippen LogP contribution < -0.4 is 16.0 Å². The Morgan fingerprint density at radius 1 is 1.05 bits per heavy atom. The maximum Gasteiger partial charge on any atom is 0.245 e. The van der Waals surface area contributed by atoms with E-state index < -0.39 is 23.5 Å². The SMILES string of the molecule is CCCN(CC(=O)NC(C=O)CCCCCSC(C)=O)C(=O)C(Cc1ccccc1)NC(=O)C(C)(C)NC. The lowest BCUT2D eigenvalue weighted by Crippen LogP contribution is -2.58. The summed E-state index contributed by atoms with van der Waals surface area (Å²) in [5, 5.41) is 8.63. The third-order valence-corrected chi connectivity index (χ3v) is 7.09. The summed E-state index contributed by atoms with van der Waals surface area (Å²) in [4.78, 5) is 63.3. The molecule has 0 aliphatic carbocycles. The van der Waals surface area contributed by atoms with Crippen LogP contribution in [0.5, 0.6) is 0 Å². The van der Waals surface area contributed by atoms with Crippen LogP contribution in [0.4, 0.5) is 0 Å². The summed E-state index contributed by atoms with van der Waals surface area (Å²) >= 11 is 1.28. The van der Waals surface area contributed by atoms with Crippen molar-refractivity contribution in [3.05, 3.63) is 35.9 Å². The van der Waals surface area contributed by atoms with Gasteiger partial charge in [0, 0.05) is 25.6 Å². The first-order valence-electron chi connectivity index (χ1n) is 13.2. The Morgan fingerprint density at radius 3 is 2.32 bits per heavy atom. The minimum absolute atomic E-state index is 0.0885. The number of hydrogen-bond donors (Lipinski definition) is 3. The van der Waals surface area contributed by atoms with Gasteiger partial charge in [-0.15, -0.1) is 0 Å². The van der Waals surface area contributed by atoms with E-state index in [0.717, 1.165) is 30.6 Å². The number of likely N-dealkylation sites (N-methyl/N-ethyl adjacent to an activating group) is 1. The second-order valence-corrected chi connectivity index (χ2v) is 11.1. The van der Waals surface area contributed by atoms with Gasteiger partial charge in [0.05, 0.1) is 18.1 Å². The van der Waals surface area contributed by atoms with Crippen LogP contribution in [-0.2, 0) is 30.4 Å². The molecule has 0 spiro atoms. The first kappa shape index (κ1) is 33.3. The number of thioether (sulfide) groups is 1. The quantitative estimate of drug-likeness (QED) is 0.190. The van der Waals surface area contributed by atoms with E-state index in [4.69, 9.17) is 0 Å². The first-order chi connectivity index (χ1) is 18.0. The summed E-state index contributed by atoms with van der Waals surface area (Å²) in [7, 11) is 1.68. The number of carbonyl (C=O) groups excluding carboxylic acids is 5. The fourth-order valence-corrected chi connectivity index (χ4v) is 4.35. The highest BCUT2D eigenvalue weighted by atomic mass is 32.2. The molecule has 0 saturated heterocycles. The number of aldehydes is 1. The molecule has 2 atom stereocenters. The van der Waals surface area contributed by atoms with Gasteiger partial charge in [0.1, 0.15) is 12.3 Å². The number of benzene rings is 1. The molecule has 2 unspecified atom stereocenters. The van der Waals surface area contributed by atoms with E-state index in [1.165, 1.54) is 23.6 Å². The molecule has 1 rings (SSSR count). The second kappa shape index (κ2) is 17.7. The van der Waals surface area contributed by atoms with Crippen LogP contribution >= 0.6 is 11.8 Å². The number of carbonyl (C=O) groups is 5. The highest BCUT2D eigenvalue weighted by Crippen LogP contribution is 2.11. The fraction of sp³-hybridized carbons (Fsp3) is 0.607. The van der Waals surface area contributed by atoms with Crippen molar-refractivity contribution in [2.24, 2.45) is 0 Å². The summed E-state index contributed by atoms with van der Waals surface area (Å²) in [6, 6.07) is 7.90. The summed E-state index contributed by atoms with van der Waals surface area (Å²) in [6.07, 6.45) is 4.58. The summed E-state index contributed by atoms with van der Waals surface area (Å²) in [5.74, 6) is -0.348. The molecule has 0 fully saturated rings. The lowest BCUT2D eigenvalue weighted by Gasteiger charge is -2.30. The van der Waals surface area contributed by atoms with Crippen LogP contribution in [-0.4, -0.2) is 77.5 Å². The van der Waals surface area contributed by atoms with Crippen molar-refractivity contribution in [3.8, 4) is 0 Å². The minimum atomic E-state index is -0.885. The van der Waals surface area contributed by atoms with Gasteiger partial charge in [-0.25, -0.2) is 0 Å². The van der Waals surface area contributed by atoms with Crippen LogP contribution in [0.1, 0.15) is 65.4 Å². The topological polar surface area (TPSA) is 125 Å². The summed E-state index contributed by atoms with van der Waals surface area (Å²) in [5.41, 5.74) is 0.00134. The Kier molecular flexibility index (Phi) is 15.5. The molecule has 0 saturated carbocycles. The highest BCUT2D eigenvalue weighted by molar-refractivity contribution is 8.13. The van der Waals surface area contributed by atoms with Crippen LogP contribution in [0.25, 0.3) is 0 Å². The Labute approximate surface area is 231 Å². The predicted octanol–water partition coefficient (Wildman–Crippen LogP) is 2.47. The van der Waals surface area contributed by atoms with Crippen LogP contribution in [0.3, 0.4) is 0 Å². The Morgan fingerprint density at radius 2 is 1.74 bits per heavy atom. The molecule has 212 valence electrons. The molecule has 0 bridgehead atoms. The smallest absolute Gasteiger partial charge is 0.245 e. The van der Waals surface area contributed by atoms with Gasteiger partial charge in [-0.2, -0.15) is 0 Å². The van der Waals surface area contributed by atoms with Crippen LogP contribution in [0, 0.1) is 0 Å². The van der Waals surface area contributed by atoms with E-state index in [-0.39, 0.29) is 29.9 Å². The second-order valence-electron chi connectivity index (χ2n) is 9.85. The van der Waals surface area contributed by atoms with Crippen molar-refractivity contribution < 1.29 is 24.0 Å². The molecule has 10 heteroatoms. The lowest BCUT2D eigenvalue weighted by atomic mass is 10.0. The van der Waals surface area contributed by atoms with Crippen molar-refractivity contribution in [3.63, 3.8) is 0 Å². The van der Waals surface area contributed by atoms with Crippen molar-refractivity contribution in [2.75, 3.05) is 25.9 Å². The van der Waals surface area contributed by atoms with E-state index in [2.05, 4.69) is 16.0 Å². The molecule has 9 nitrogen and oxygen atoms in total. The number of hydrogen-bond acceptors (Lipinski definition) is 7. The van der Waals surface area contributed by atoms with Crippen molar-refractivity contribution in [1.29, 1.82) is 0 Å². The molecule has 0 heterocycles. The maximum absolute atomic E-state index is 13.6. The van der Waals surface area contributed by atoms with E-state index in [0.29, 0.717) is 25.7 Å². The van der Waals surface area contributed by atoms with E-state index in [1.54, 1.807) is 20.9 Å². The van der Waals surface area contributed by atoms with Gasteiger partial charge in [0.15, 0.2) is 5.12 Å². The monoisotopic (exact) mass is 548 g/mol. The molecule has 0 aliphatic heterocycles. The van der Waals surface area contributed by atoms with Gasteiger partial charge in [-0.05, 0) is 45.7 Å². The zero-order valence-corrected chi connectivity index (χ0v) is 24.2. The van der Waals surface area contributed by atoms with Crippen LogP contribution in [0.2, 0.25) is 0 Å². The number of nitrogens with one attached hydrogen (secondary N) is 3. The third kappa shape index (κ3) is 12.7. The van der Waals surface area contributed by atoms with Crippen molar-refractivity contribution in [2.45, 2.75) is 83.8 Å². The predicted molar refractivity (Wildman–Crippen MR) is 152 cm³/mol. The van der Waals surface area contributed by atoms with Gasteiger partial charge in [-0.3, -0.25) is 19.2 Å². The molecule has 0 aromatic heterocycles. The lowest BCUT2D eigenvalue weighted by molar-refractivity contribution is -0.140. The van der Waals surface area contributed by atoms with E-state index in [1.807, 2.05) is 37.3 Å². The number of amides is 3. The fourth-order valence-electron chi connectivity index (χ4n) is 3.72. The Hall–Kier alpha value is -2.72. The molecule has 3 amide bonds. The third-order valence-electron chi connectivity index (χ3n) is 6.19. The summed E-state index contributed by atoms with van der Waals surface area (Å²) in [6.45, 7) is 7.03. The molecule has 38 heavy (non-hydrogen) atoms. The summed E-state index contributed by atoms with van der Waals surface area (Å²) < 4.78 is 0. The zero-order chi connectivity index (χ0) is 28.6. The standard InChI is InChI=1S/C28H44N4O5S/c1-6-16-32(19-25(35)30-23(20-33)15-11-8-12-17-38-21(2)34)26(36)24(18-22-13-9-7-10-14-22)31-27(37)28(3,4)29-5/h7,9-10,13-14,20,23-24,29H,6,8,11-12,15-19H2,1-5H3,(H,30,35)(H,31,37). The number of rotatable bonds is 18. The molecule has 0 radical (unpaired) electrons. The van der Waals surface area contributed by atoms with E-state index in [9.17, 15) is 24.0 Å². The number of unbranched alkanes of at least 4 members (excludes halogenated alkanes) is 2. The molecule has 3 N–H and O–H groups in total. The average Bonchev–Trinajstić information content (AvgIpc) is 2.89. The Bertz CT molecular complexity index is 910. The highest BCUT2D eigenvalue weighted by Gasteiger charge is 2.32.